The summed E-state index contributed by atoms with van der Waals surface area (Å²) in [4.78, 5) is 26.0. The molecule has 1 aliphatic carbocycles. The third-order valence-corrected chi connectivity index (χ3v) is 6.39. The van der Waals surface area contributed by atoms with Crippen LogP contribution in [0, 0.1) is 5.92 Å². The molecule has 4 rings (SSSR count). The number of carbonyl (C=O) groups excluding carboxylic acids is 2. The second-order valence-electron chi connectivity index (χ2n) is 8.42. The van der Waals surface area contributed by atoms with E-state index in [1.165, 1.54) is 0 Å². The van der Waals surface area contributed by atoms with Gasteiger partial charge in [0.1, 0.15) is 11.7 Å². The highest BCUT2D eigenvalue weighted by Gasteiger charge is 2.32. The van der Waals surface area contributed by atoms with Crippen molar-refractivity contribution >= 4 is 22.7 Å². The summed E-state index contributed by atoms with van der Waals surface area (Å²) in [5.41, 5.74) is 7.15. The fraction of sp³-hybridized carbons (Fsp3) is 0.500. The van der Waals surface area contributed by atoms with Crippen molar-refractivity contribution in [3.05, 3.63) is 41.9 Å². The predicted octanol–water partition coefficient (Wildman–Crippen LogP) is 1.23. The van der Waals surface area contributed by atoms with E-state index in [4.69, 9.17) is 5.73 Å². The van der Waals surface area contributed by atoms with E-state index in [1.54, 1.807) is 0 Å². The van der Waals surface area contributed by atoms with E-state index in [1.807, 2.05) is 41.9 Å². The maximum Gasteiger partial charge on any atom is 0.268 e. The van der Waals surface area contributed by atoms with Gasteiger partial charge in [0.2, 0.25) is 5.91 Å². The van der Waals surface area contributed by atoms with Crippen LogP contribution in [0.2, 0.25) is 0 Å². The molecule has 1 saturated carbocycles. The topological polar surface area (TPSA) is 144 Å². The lowest BCUT2D eigenvalue weighted by molar-refractivity contribution is -0.123. The summed E-state index contributed by atoms with van der Waals surface area (Å²) in [5, 5.41) is 21.3. The summed E-state index contributed by atoms with van der Waals surface area (Å²) in [6.45, 7) is 0.970. The molecule has 0 saturated heterocycles. The summed E-state index contributed by atoms with van der Waals surface area (Å²) in [7, 11) is 1.85. The van der Waals surface area contributed by atoms with E-state index >= 15 is 0 Å². The lowest BCUT2D eigenvalue weighted by atomic mass is 9.95. The Balaban J connectivity index is 1.41. The minimum absolute atomic E-state index is 0.182. The molecule has 1 aromatic carbocycles. The van der Waals surface area contributed by atoms with Crippen LogP contribution in [-0.2, 0) is 11.8 Å². The maximum atomic E-state index is 13.0. The number of para-hydroxylation sites is 1. The molecule has 170 valence electrons. The number of hydrogen-bond acceptors (Lipinski definition) is 6. The molecule has 0 aliphatic heterocycles. The first kappa shape index (κ1) is 21.9. The van der Waals surface area contributed by atoms with E-state index in [-0.39, 0.29) is 23.7 Å². The van der Waals surface area contributed by atoms with Gasteiger partial charge in [-0.25, -0.2) is 0 Å². The van der Waals surface area contributed by atoms with Gasteiger partial charge in [-0.2, -0.15) is 5.21 Å². The zero-order valence-corrected chi connectivity index (χ0v) is 18.3. The Morgan fingerprint density at radius 2 is 2.16 bits per heavy atom. The van der Waals surface area contributed by atoms with Crippen LogP contribution in [0.3, 0.4) is 0 Å². The zero-order valence-electron chi connectivity index (χ0n) is 18.3. The number of aromatic amines is 1. The molecule has 1 aliphatic rings. The average molecular weight is 439 g/mol. The molecular formula is C22H30N8O2. The minimum Gasteiger partial charge on any atom is -0.354 e. The Morgan fingerprint density at radius 3 is 2.91 bits per heavy atom. The van der Waals surface area contributed by atoms with Crippen molar-refractivity contribution in [3.63, 3.8) is 0 Å². The number of tetrazole rings is 1. The third kappa shape index (κ3) is 4.64. The number of carbonyl (C=O) groups is 2. The number of nitrogens with zero attached hydrogens (tertiary/aromatic N) is 4. The first-order valence-corrected chi connectivity index (χ1v) is 11.1. The number of fused-ring (bicyclic) bond motifs is 1. The number of rotatable bonds is 9. The highest BCUT2D eigenvalue weighted by molar-refractivity contribution is 6.00. The van der Waals surface area contributed by atoms with Gasteiger partial charge in [-0.3, -0.25) is 9.59 Å². The Labute approximate surface area is 186 Å². The third-order valence-electron chi connectivity index (χ3n) is 6.39. The number of benzene rings is 1. The molecule has 10 heteroatoms. The van der Waals surface area contributed by atoms with Gasteiger partial charge in [0, 0.05) is 30.4 Å². The van der Waals surface area contributed by atoms with Crippen LogP contribution < -0.4 is 16.4 Å². The first-order chi connectivity index (χ1) is 15.6. The molecule has 32 heavy (non-hydrogen) atoms. The van der Waals surface area contributed by atoms with Gasteiger partial charge in [-0.05, 0) is 50.3 Å². The quantitative estimate of drug-likeness (QED) is 0.396. The highest BCUT2D eigenvalue weighted by atomic mass is 16.2. The average Bonchev–Trinajstić information content (AvgIpc) is 3.55. The summed E-state index contributed by atoms with van der Waals surface area (Å²) in [6, 6.07) is 9.00. The van der Waals surface area contributed by atoms with Crippen LogP contribution in [0.4, 0.5) is 0 Å². The van der Waals surface area contributed by atoms with E-state index in [2.05, 4.69) is 31.3 Å². The molecule has 5 N–H and O–H groups in total. The molecular weight excluding hydrogens is 408 g/mol. The molecule has 2 amide bonds. The van der Waals surface area contributed by atoms with Gasteiger partial charge < -0.3 is 20.9 Å². The number of H-pyrrole nitrogens is 1. The van der Waals surface area contributed by atoms with Crippen LogP contribution >= 0.6 is 0 Å². The Bertz CT molecular complexity index is 1060. The standard InChI is InChI=1S/C22H30N8O2/c1-30-18-10-3-2-6-14(18)12-19(30)22(32)25-17(9-5-11-23)21(31)24-13-15-7-4-8-16(15)20-26-28-29-27-20/h2-3,6,10,12,15-17H,4-5,7-9,11,13,23H2,1H3,(H,24,31)(H,25,32)(H,26,27,28,29)/t15-,16-,17+/m1/s1. The van der Waals surface area contributed by atoms with E-state index in [0.29, 0.717) is 37.4 Å². The number of hydrogen-bond donors (Lipinski definition) is 4. The number of aromatic nitrogens is 5. The van der Waals surface area contributed by atoms with Crippen LogP contribution in [-0.4, -0.2) is 56.1 Å². The van der Waals surface area contributed by atoms with Crippen molar-refractivity contribution in [3.8, 4) is 0 Å². The molecule has 3 atom stereocenters. The molecule has 10 nitrogen and oxygen atoms in total. The summed E-state index contributed by atoms with van der Waals surface area (Å²) < 4.78 is 1.84. The summed E-state index contributed by atoms with van der Waals surface area (Å²) >= 11 is 0. The molecule has 3 aromatic rings. The van der Waals surface area contributed by atoms with Crippen molar-refractivity contribution < 1.29 is 9.59 Å². The first-order valence-electron chi connectivity index (χ1n) is 11.1. The fourth-order valence-corrected chi connectivity index (χ4v) is 4.63. The maximum absolute atomic E-state index is 13.0. The lowest BCUT2D eigenvalue weighted by Gasteiger charge is -2.21. The second kappa shape index (κ2) is 9.90. The highest BCUT2D eigenvalue weighted by Crippen LogP contribution is 2.37. The normalized spacial score (nSPS) is 19.2. The molecule has 0 spiro atoms. The molecule has 2 heterocycles. The Morgan fingerprint density at radius 1 is 1.31 bits per heavy atom. The van der Waals surface area contributed by atoms with Gasteiger partial charge in [0.15, 0.2) is 5.82 Å². The lowest BCUT2D eigenvalue weighted by Crippen LogP contribution is -2.48. The molecule has 0 radical (unpaired) electrons. The van der Waals surface area contributed by atoms with Crippen molar-refractivity contribution in [2.75, 3.05) is 13.1 Å². The van der Waals surface area contributed by atoms with Gasteiger partial charge in [-0.1, -0.05) is 29.8 Å². The van der Waals surface area contributed by atoms with Gasteiger partial charge in [0.25, 0.3) is 5.91 Å². The van der Waals surface area contributed by atoms with E-state index in [9.17, 15) is 9.59 Å². The van der Waals surface area contributed by atoms with Gasteiger partial charge >= 0.3 is 0 Å². The van der Waals surface area contributed by atoms with Crippen LogP contribution in [0.1, 0.15) is 54.3 Å². The largest absolute Gasteiger partial charge is 0.354 e. The predicted molar refractivity (Wildman–Crippen MR) is 120 cm³/mol. The summed E-state index contributed by atoms with van der Waals surface area (Å²) in [5.74, 6) is 0.670. The van der Waals surface area contributed by atoms with Crippen molar-refractivity contribution in [1.82, 2.24) is 35.8 Å². The zero-order chi connectivity index (χ0) is 22.5. The van der Waals surface area contributed by atoms with Crippen LogP contribution in [0.25, 0.3) is 10.9 Å². The minimum atomic E-state index is -0.644. The van der Waals surface area contributed by atoms with E-state index < -0.39 is 6.04 Å². The molecule has 1 fully saturated rings. The van der Waals surface area contributed by atoms with E-state index in [0.717, 1.165) is 30.2 Å². The number of amides is 2. The second-order valence-corrected chi connectivity index (χ2v) is 8.42. The molecule has 0 bridgehead atoms. The van der Waals surface area contributed by atoms with Crippen molar-refractivity contribution in [2.24, 2.45) is 18.7 Å². The number of nitrogens with one attached hydrogen (secondary N) is 3. The Hall–Kier alpha value is -3.27. The van der Waals surface area contributed by atoms with Gasteiger partial charge in [-0.15, -0.1) is 10.2 Å². The fourth-order valence-electron chi connectivity index (χ4n) is 4.63. The van der Waals surface area contributed by atoms with Crippen LogP contribution in [0.5, 0.6) is 0 Å². The molecule has 0 unspecified atom stereocenters. The molecule has 2 aromatic heterocycles. The number of aryl methyl sites for hydroxylation is 1. The van der Waals surface area contributed by atoms with Crippen molar-refractivity contribution in [1.29, 1.82) is 0 Å². The monoisotopic (exact) mass is 438 g/mol. The van der Waals surface area contributed by atoms with Crippen LogP contribution in [0.15, 0.2) is 30.3 Å². The Kier molecular flexibility index (Phi) is 6.79. The summed E-state index contributed by atoms with van der Waals surface area (Å²) in [6.07, 6.45) is 4.16. The number of nitrogens with two attached hydrogens (primary N) is 1. The smallest absolute Gasteiger partial charge is 0.268 e. The van der Waals surface area contributed by atoms with Gasteiger partial charge in [0.05, 0.1) is 0 Å². The SMILES string of the molecule is Cn1c(C(=O)N[C@@H](CCCN)C(=O)NC[C@H]2CCC[C@H]2c2nn[nH]n2)cc2ccccc21. The van der Waals surface area contributed by atoms with Crippen molar-refractivity contribution in [2.45, 2.75) is 44.1 Å².